The number of hydrogen-bond acceptors (Lipinski definition) is 3. The van der Waals surface area contributed by atoms with Crippen molar-refractivity contribution in [3.8, 4) is 0 Å². The van der Waals surface area contributed by atoms with Gasteiger partial charge in [-0.2, -0.15) is 0 Å². The van der Waals surface area contributed by atoms with Gasteiger partial charge < -0.3 is 9.16 Å². The van der Waals surface area contributed by atoms with Gasteiger partial charge in [-0.15, -0.1) is 0 Å². The molecule has 90 valence electrons. The van der Waals surface area contributed by atoms with E-state index >= 15 is 0 Å². The number of rotatable bonds is 7. The Bertz CT molecular complexity index is 170. The molecule has 15 heavy (non-hydrogen) atoms. The first kappa shape index (κ1) is 14.5. The molecule has 0 atom stereocenters. The lowest BCUT2D eigenvalue weighted by molar-refractivity contribution is 0.0943. The van der Waals surface area contributed by atoms with Crippen LogP contribution in [0, 0.1) is 0 Å². The molecule has 0 rings (SSSR count). The van der Waals surface area contributed by atoms with Crippen molar-refractivity contribution in [2.75, 3.05) is 6.61 Å². The van der Waals surface area contributed by atoms with Crippen LogP contribution in [-0.4, -0.2) is 21.1 Å². The Balaban J connectivity index is 4.00. The molecule has 0 aliphatic rings. The van der Waals surface area contributed by atoms with Gasteiger partial charge in [0.05, 0.1) is 6.61 Å². The summed E-state index contributed by atoms with van der Waals surface area (Å²) in [6, 6.07) is 2.93. The molecule has 0 radical (unpaired) electrons. The van der Waals surface area contributed by atoms with E-state index in [2.05, 4.69) is 27.7 Å². The maximum absolute atomic E-state index is 11.4. The highest BCUT2D eigenvalue weighted by Crippen LogP contribution is 2.22. The Labute approximate surface area is 94.3 Å². The maximum Gasteiger partial charge on any atom is 0.494 e. The summed E-state index contributed by atoms with van der Waals surface area (Å²) < 4.78 is 10.5. The Morgan fingerprint density at radius 2 is 1.60 bits per heavy atom. The van der Waals surface area contributed by atoms with Crippen molar-refractivity contribution in [3.63, 3.8) is 0 Å². The molecule has 0 aliphatic carbocycles. The molecule has 0 fully saturated rings. The van der Waals surface area contributed by atoms with Gasteiger partial charge >= 0.3 is 6.16 Å². The Hall–Kier alpha value is -0.513. The third-order valence-corrected chi connectivity index (χ3v) is 7.42. The number of hydrogen-bond donors (Lipinski definition) is 0. The summed E-state index contributed by atoms with van der Waals surface area (Å²) in [5.41, 5.74) is 0. The van der Waals surface area contributed by atoms with E-state index in [4.69, 9.17) is 9.16 Å². The molecule has 0 bridgehead atoms. The van der Waals surface area contributed by atoms with Crippen LogP contribution in [0.4, 0.5) is 4.79 Å². The summed E-state index contributed by atoms with van der Waals surface area (Å²) in [5, 5.41) is 0. The largest absolute Gasteiger partial charge is 0.494 e. The number of ether oxygens (including phenoxy) is 1. The van der Waals surface area contributed by atoms with Crippen LogP contribution in [0.3, 0.4) is 0 Å². The highest BCUT2D eigenvalue weighted by Gasteiger charge is 2.33. The van der Waals surface area contributed by atoms with Crippen LogP contribution < -0.4 is 0 Å². The van der Waals surface area contributed by atoms with Crippen LogP contribution in [-0.2, 0) is 9.16 Å². The molecule has 0 saturated carbocycles. The minimum absolute atomic E-state index is 0.458. The molecule has 0 heterocycles. The predicted octanol–water partition coefficient (Wildman–Crippen LogP) is 3.94. The first-order chi connectivity index (χ1) is 7.14. The lowest BCUT2D eigenvalue weighted by atomic mass is 10.4. The van der Waals surface area contributed by atoms with Crippen molar-refractivity contribution in [1.29, 1.82) is 0 Å². The molecule has 3 nitrogen and oxygen atoms in total. The van der Waals surface area contributed by atoms with Gasteiger partial charge in [-0.05, 0) is 24.6 Å². The molecule has 0 amide bonds. The molecule has 0 aliphatic heterocycles. The van der Waals surface area contributed by atoms with E-state index < -0.39 is 14.5 Å². The Morgan fingerprint density at radius 1 is 1.07 bits per heavy atom. The number of unbranched alkanes of at least 4 members (excludes halogenated alkanes) is 1. The summed E-state index contributed by atoms with van der Waals surface area (Å²) >= 11 is 0. The van der Waals surface area contributed by atoms with Crippen LogP contribution >= 0.6 is 0 Å². The Morgan fingerprint density at radius 3 is 2.00 bits per heavy atom. The SMILES string of the molecule is CCCCOC(=O)O[Si](CC)(CC)CC. The summed E-state index contributed by atoms with van der Waals surface area (Å²) in [7, 11) is -1.82. The normalized spacial score (nSPS) is 11.2. The monoisotopic (exact) mass is 232 g/mol. The molecule has 0 N–H and O–H groups in total. The zero-order chi connectivity index (χ0) is 11.7. The highest BCUT2D eigenvalue weighted by molar-refractivity contribution is 6.74. The van der Waals surface area contributed by atoms with Gasteiger partial charge in [-0.1, -0.05) is 34.1 Å². The fraction of sp³-hybridized carbons (Fsp3) is 0.909. The third-order valence-electron chi connectivity index (χ3n) is 2.95. The predicted molar refractivity (Wildman–Crippen MR) is 64.5 cm³/mol. The van der Waals surface area contributed by atoms with E-state index in [1.165, 1.54) is 0 Å². The van der Waals surface area contributed by atoms with Gasteiger partial charge in [-0.3, -0.25) is 0 Å². The molecule has 0 aromatic rings. The van der Waals surface area contributed by atoms with Crippen molar-refractivity contribution in [2.24, 2.45) is 0 Å². The van der Waals surface area contributed by atoms with Gasteiger partial charge in [0.15, 0.2) is 0 Å². The fourth-order valence-electron chi connectivity index (χ4n) is 1.47. The second-order valence-electron chi connectivity index (χ2n) is 3.80. The first-order valence-electron chi connectivity index (χ1n) is 5.99. The fourth-order valence-corrected chi connectivity index (χ4v) is 3.82. The second kappa shape index (κ2) is 7.74. The molecular formula is C11H24O3Si. The lowest BCUT2D eigenvalue weighted by Crippen LogP contribution is -2.38. The van der Waals surface area contributed by atoms with Gasteiger partial charge in [-0.25, -0.2) is 4.79 Å². The molecule has 0 saturated heterocycles. The standard InChI is InChI=1S/C11H24O3Si/c1-5-9-10-13-11(12)14-15(6-2,7-3)8-4/h5-10H2,1-4H3. The van der Waals surface area contributed by atoms with Crippen molar-refractivity contribution in [3.05, 3.63) is 0 Å². The van der Waals surface area contributed by atoms with E-state index in [0.29, 0.717) is 6.61 Å². The van der Waals surface area contributed by atoms with Crippen LogP contribution in [0.5, 0.6) is 0 Å². The van der Waals surface area contributed by atoms with Crippen molar-refractivity contribution in [2.45, 2.75) is 58.7 Å². The van der Waals surface area contributed by atoms with E-state index in [0.717, 1.165) is 31.0 Å². The molecule has 0 spiro atoms. The molecule has 4 heteroatoms. The molecule has 0 aromatic carbocycles. The van der Waals surface area contributed by atoms with Crippen LogP contribution in [0.2, 0.25) is 18.1 Å². The van der Waals surface area contributed by atoms with E-state index in [1.54, 1.807) is 0 Å². The van der Waals surface area contributed by atoms with Gasteiger partial charge in [0.25, 0.3) is 8.32 Å². The zero-order valence-corrected chi connectivity index (χ0v) is 11.5. The van der Waals surface area contributed by atoms with Crippen molar-refractivity contribution < 1.29 is 14.0 Å². The highest BCUT2D eigenvalue weighted by atomic mass is 28.4. The maximum atomic E-state index is 11.4. The van der Waals surface area contributed by atoms with Crippen LogP contribution in [0.25, 0.3) is 0 Å². The van der Waals surface area contributed by atoms with E-state index in [-0.39, 0.29) is 0 Å². The van der Waals surface area contributed by atoms with Crippen molar-refractivity contribution in [1.82, 2.24) is 0 Å². The summed E-state index contributed by atoms with van der Waals surface area (Å²) in [5.74, 6) is 0. The molecule has 0 unspecified atom stereocenters. The van der Waals surface area contributed by atoms with Crippen LogP contribution in [0.15, 0.2) is 0 Å². The summed E-state index contributed by atoms with van der Waals surface area (Å²) in [6.07, 6.45) is 1.49. The van der Waals surface area contributed by atoms with Gasteiger partial charge in [0.2, 0.25) is 0 Å². The topological polar surface area (TPSA) is 35.5 Å². The average molecular weight is 232 g/mol. The van der Waals surface area contributed by atoms with E-state index in [1.807, 2.05) is 0 Å². The summed E-state index contributed by atoms with van der Waals surface area (Å²) in [6.45, 7) is 8.84. The van der Waals surface area contributed by atoms with Gasteiger partial charge in [0.1, 0.15) is 0 Å². The Kier molecular flexibility index (Phi) is 7.47. The molecular weight excluding hydrogens is 208 g/mol. The third kappa shape index (κ3) is 5.21. The molecule has 0 aromatic heterocycles. The number of carbonyl (C=O) groups excluding carboxylic acids is 1. The number of carbonyl (C=O) groups is 1. The van der Waals surface area contributed by atoms with E-state index in [9.17, 15) is 4.79 Å². The lowest BCUT2D eigenvalue weighted by Gasteiger charge is -2.26. The van der Waals surface area contributed by atoms with Crippen molar-refractivity contribution >= 4 is 14.5 Å². The zero-order valence-electron chi connectivity index (χ0n) is 10.5. The summed E-state index contributed by atoms with van der Waals surface area (Å²) in [4.78, 5) is 11.4. The average Bonchev–Trinajstić information content (AvgIpc) is 2.26. The van der Waals surface area contributed by atoms with Crippen LogP contribution in [0.1, 0.15) is 40.5 Å². The quantitative estimate of drug-likeness (QED) is 0.379. The minimum atomic E-state index is -1.82. The van der Waals surface area contributed by atoms with Gasteiger partial charge in [0, 0.05) is 0 Å². The first-order valence-corrected chi connectivity index (χ1v) is 8.52. The second-order valence-corrected chi connectivity index (χ2v) is 8.49. The minimum Gasteiger partial charge on any atom is -0.489 e. The smallest absolute Gasteiger partial charge is 0.489 e.